The molecule has 3 aromatic rings. The fraction of sp³-hybridized carbons (Fsp3) is 0.318. The molecule has 1 aliphatic carbocycles. The van der Waals surface area contributed by atoms with Gasteiger partial charge in [0, 0.05) is 24.2 Å². The molecule has 1 saturated heterocycles. The van der Waals surface area contributed by atoms with E-state index in [4.69, 9.17) is 5.10 Å². The molecule has 0 unspecified atom stereocenters. The van der Waals surface area contributed by atoms with Gasteiger partial charge in [0.25, 0.3) is 5.91 Å². The molecule has 1 aromatic carbocycles. The molecule has 2 amide bonds. The summed E-state index contributed by atoms with van der Waals surface area (Å²) >= 11 is 0. The summed E-state index contributed by atoms with van der Waals surface area (Å²) < 4.78 is 1.88. The van der Waals surface area contributed by atoms with E-state index < -0.39 is 0 Å². The molecular weight excluding hydrogens is 352 g/mol. The molecule has 142 valence electrons. The van der Waals surface area contributed by atoms with Gasteiger partial charge < -0.3 is 10.2 Å². The molecule has 5 rings (SSSR count). The lowest BCUT2D eigenvalue weighted by molar-refractivity contribution is -0.123. The third-order valence-electron chi connectivity index (χ3n) is 5.65. The number of carbonyl (C=O) groups is 2. The maximum absolute atomic E-state index is 13.1. The first-order chi connectivity index (χ1) is 13.6. The lowest BCUT2D eigenvalue weighted by Crippen LogP contribution is -2.50. The van der Waals surface area contributed by atoms with Gasteiger partial charge in [0.05, 0.1) is 17.8 Å². The predicted molar refractivity (Wildman–Crippen MR) is 106 cm³/mol. The number of nitrogens with one attached hydrogen (secondary N) is 1. The SMILES string of the molecule is Cc1c(C(=O)N2CCNC(=O)C2)nn2c(-c3ccccc3)cc(C3CC3)cc12. The third kappa shape index (κ3) is 2.85. The van der Waals surface area contributed by atoms with Crippen molar-refractivity contribution in [1.29, 1.82) is 0 Å². The number of pyridine rings is 1. The van der Waals surface area contributed by atoms with Crippen molar-refractivity contribution in [3.8, 4) is 11.3 Å². The molecule has 0 spiro atoms. The van der Waals surface area contributed by atoms with Crippen LogP contribution in [0.2, 0.25) is 0 Å². The van der Waals surface area contributed by atoms with Gasteiger partial charge >= 0.3 is 0 Å². The topological polar surface area (TPSA) is 66.7 Å². The largest absolute Gasteiger partial charge is 0.353 e. The van der Waals surface area contributed by atoms with E-state index in [9.17, 15) is 9.59 Å². The highest BCUT2D eigenvalue weighted by Crippen LogP contribution is 2.42. The van der Waals surface area contributed by atoms with Gasteiger partial charge in [-0.25, -0.2) is 4.52 Å². The Morgan fingerprint density at radius 3 is 2.68 bits per heavy atom. The fourth-order valence-electron chi connectivity index (χ4n) is 3.91. The maximum Gasteiger partial charge on any atom is 0.275 e. The highest BCUT2D eigenvalue weighted by atomic mass is 16.2. The van der Waals surface area contributed by atoms with Crippen molar-refractivity contribution < 1.29 is 9.59 Å². The number of aryl methyl sites for hydroxylation is 1. The summed E-state index contributed by atoms with van der Waals surface area (Å²) in [6.07, 6.45) is 2.43. The second kappa shape index (κ2) is 6.48. The molecule has 1 aliphatic heterocycles. The van der Waals surface area contributed by atoms with Crippen molar-refractivity contribution >= 4 is 17.3 Å². The number of rotatable bonds is 3. The van der Waals surface area contributed by atoms with E-state index in [1.165, 1.54) is 18.4 Å². The van der Waals surface area contributed by atoms with Crippen LogP contribution in [-0.2, 0) is 4.79 Å². The van der Waals surface area contributed by atoms with Crippen LogP contribution in [0.4, 0.5) is 0 Å². The molecule has 3 heterocycles. The van der Waals surface area contributed by atoms with Crippen LogP contribution in [0.25, 0.3) is 16.8 Å². The van der Waals surface area contributed by atoms with Gasteiger partial charge in [0.2, 0.25) is 5.91 Å². The Kier molecular flexibility index (Phi) is 3.93. The summed E-state index contributed by atoms with van der Waals surface area (Å²) in [5.41, 5.74) is 5.65. The summed E-state index contributed by atoms with van der Waals surface area (Å²) in [6, 6.07) is 14.5. The minimum absolute atomic E-state index is 0.0883. The van der Waals surface area contributed by atoms with Crippen LogP contribution in [0.3, 0.4) is 0 Å². The van der Waals surface area contributed by atoms with Gasteiger partial charge in [-0.3, -0.25) is 9.59 Å². The summed E-state index contributed by atoms with van der Waals surface area (Å²) in [5.74, 6) is 0.303. The Morgan fingerprint density at radius 1 is 1.18 bits per heavy atom. The Bertz CT molecular complexity index is 1080. The molecule has 2 aromatic heterocycles. The molecule has 2 fully saturated rings. The van der Waals surface area contributed by atoms with Crippen molar-refractivity contribution in [2.24, 2.45) is 0 Å². The predicted octanol–water partition coefficient (Wildman–Crippen LogP) is 2.76. The van der Waals surface area contributed by atoms with E-state index in [0.717, 1.165) is 22.3 Å². The highest BCUT2D eigenvalue weighted by Gasteiger charge is 2.29. The molecule has 0 bridgehead atoms. The Morgan fingerprint density at radius 2 is 1.96 bits per heavy atom. The fourth-order valence-corrected chi connectivity index (χ4v) is 3.91. The summed E-state index contributed by atoms with van der Waals surface area (Å²) in [6.45, 7) is 3.03. The number of amides is 2. The van der Waals surface area contributed by atoms with Crippen LogP contribution < -0.4 is 5.32 Å². The first-order valence-electron chi connectivity index (χ1n) is 9.76. The van der Waals surface area contributed by atoms with E-state index in [1.54, 1.807) is 4.90 Å². The summed E-state index contributed by atoms with van der Waals surface area (Å²) in [4.78, 5) is 26.4. The average molecular weight is 374 g/mol. The monoisotopic (exact) mass is 374 g/mol. The zero-order valence-electron chi connectivity index (χ0n) is 15.8. The Balaban J connectivity index is 1.65. The van der Waals surface area contributed by atoms with Crippen molar-refractivity contribution in [2.45, 2.75) is 25.7 Å². The molecule has 2 aliphatic rings. The van der Waals surface area contributed by atoms with Crippen molar-refractivity contribution in [3.05, 3.63) is 59.3 Å². The minimum atomic E-state index is -0.178. The van der Waals surface area contributed by atoms with E-state index >= 15 is 0 Å². The highest BCUT2D eigenvalue weighted by molar-refractivity contribution is 5.98. The normalized spacial score (nSPS) is 17.0. The van der Waals surface area contributed by atoms with Gasteiger partial charge in [-0.15, -0.1) is 0 Å². The van der Waals surface area contributed by atoms with E-state index in [-0.39, 0.29) is 18.4 Å². The number of hydrogen-bond acceptors (Lipinski definition) is 3. The Labute approximate surface area is 163 Å². The lowest BCUT2D eigenvalue weighted by atomic mass is 10.0. The van der Waals surface area contributed by atoms with Gasteiger partial charge in [-0.05, 0) is 43.4 Å². The Hall–Kier alpha value is -3.15. The number of piperazine rings is 1. The molecule has 6 nitrogen and oxygen atoms in total. The zero-order valence-corrected chi connectivity index (χ0v) is 15.8. The molecule has 28 heavy (non-hydrogen) atoms. The van der Waals surface area contributed by atoms with Gasteiger partial charge in [-0.2, -0.15) is 5.10 Å². The second-order valence-electron chi connectivity index (χ2n) is 7.66. The number of aromatic nitrogens is 2. The first kappa shape index (κ1) is 17.0. The van der Waals surface area contributed by atoms with Gasteiger partial charge in [-0.1, -0.05) is 30.3 Å². The number of benzene rings is 1. The van der Waals surface area contributed by atoms with Crippen molar-refractivity contribution in [3.63, 3.8) is 0 Å². The van der Waals surface area contributed by atoms with Gasteiger partial charge in [0.1, 0.15) is 0 Å². The van der Waals surface area contributed by atoms with Crippen LogP contribution in [-0.4, -0.2) is 46.0 Å². The van der Waals surface area contributed by atoms with Crippen LogP contribution in [0.1, 0.15) is 40.4 Å². The number of fused-ring (bicyclic) bond motifs is 1. The van der Waals surface area contributed by atoms with E-state index in [2.05, 4.69) is 29.6 Å². The zero-order chi connectivity index (χ0) is 19.3. The number of nitrogens with zero attached hydrogens (tertiary/aromatic N) is 3. The molecule has 0 atom stereocenters. The lowest BCUT2D eigenvalue weighted by Gasteiger charge is -2.26. The minimum Gasteiger partial charge on any atom is -0.353 e. The molecular formula is C22H22N4O2. The van der Waals surface area contributed by atoms with E-state index in [0.29, 0.717) is 24.7 Å². The van der Waals surface area contributed by atoms with Crippen LogP contribution in [0.15, 0.2) is 42.5 Å². The van der Waals surface area contributed by atoms with Crippen molar-refractivity contribution in [1.82, 2.24) is 19.8 Å². The number of hydrogen-bond donors (Lipinski definition) is 1. The average Bonchev–Trinajstić information content (AvgIpc) is 3.52. The third-order valence-corrected chi connectivity index (χ3v) is 5.65. The quantitative estimate of drug-likeness (QED) is 0.767. The van der Waals surface area contributed by atoms with Crippen LogP contribution in [0, 0.1) is 6.92 Å². The number of carbonyl (C=O) groups excluding carboxylic acids is 2. The van der Waals surface area contributed by atoms with Gasteiger partial charge in [0.15, 0.2) is 5.69 Å². The molecule has 1 saturated carbocycles. The molecule has 1 N–H and O–H groups in total. The van der Waals surface area contributed by atoms with Crippen LogP contribution in [0.5, 0.6) is 0 Å². The second-order valence-corrected chi connectivity index (χ2v) is 7.66. The summed E-state index contributed by atoms with van der Waals surface area (Å²) in [7, 11) is 0. The molecule has 6 heteroatoms. The standard InChI is InChI=1S/C22H22N4O2/c1-14-18-11-17(15-7-8-15)12-19(16-5-3-2-4-6-16)26(18)24-21(14)22(28)25-10-9-23-20(27)13-25/h2-6,11-12,15H,7-10,13H2,1H3,(H,23,27). The smallest absolute Gasteiger partial charge is 0.275 e. The first-order valence-corrected chi connectivity index (χ1v) is 9.76. The van der Waals surface area contributed by atoms with Crippen molar-refractivity contribution in [2.75, 3.05) is 19.6 Å². The molecule has 0 radical (unpaired) electrons. The van der Waals surface area contributed by atoms with E-state index in [1.807, 2.05) is 29.6 Å². The van der Waals surface area contributed by atoms with Crippen LogP contribution >= 0.6 is 0 Å². The summed E-state index contributed by atoms with van der Waals surface area (Å²) in [5, 5.41) is 7.46. The maximum atomic E-state index is 13.1.